The number of hydrogen-bond donors (Lipinski definition) is 8. The molecule has 2 heterocycles. The number of aromatic hydroxyl groups is 2. The van der Waals surface area contributed by atoms with Gasteiger partial charge in [0.15, 0.2) is 12.6 Å². The van der Waals surface area contributed by atoms with E-state index in [-0.39, 0.29) is 11.5 Å². The summed E-state index contributed by atoms with van der Waals surface area (Å²) in [6.07, 6.45) is -6.32. The van der Waals surface area contributed by atoms with Crippen LogP contribution in [-0.2, 0) is 31.8 Å². The average Bonchev–Trinajstić information content (AvgIpc) is 3.28. The summed E-state index contributed by atoms with van der Waals surface area (Å²) in [5.41, 5.74) is 0.0920. The monoisotopic (exact) mass is 594 g/mol. The molecule has 0 amide bonds. The van der Waals surface area contributed by atoms with E-state index < -0.39 is 74.6 Å². The van der Waals surface area contributed by atoms with Crippen molar-refractivity contribution in [2.24, 2.45) is 0 Å². The highest BCUT2D eigenvalue weighted by atomic mass is 16.8. The Balaban J connectivity index is 1.46. The fourth-order valence-corrected chi connectivity index (χ4v) is 5.20. The molecule has 8 N–H and O–H groups in total. The molecule has 4 rings (SSSR count). The number of rotatable bonds is 14. The number of aryl methyl sites for hydroxylation is 2. The van der Waals surface area contributed by atoms with E-state index in [1.165, 1.54) is 0 Å². The Kier molecular flexibility index (Phi) is 11.5. The van der Waals surface area contributed by atoms with Crippen molar-refractivity contribution in [2.45, 2.75) is 93.3 Å². The number of benzene rings is 2. The first-order chi connectivity index (χ1) is 20.1. The second-order valence-corrected chi connectivity index (χ2v) is 11.1. The van der Waals surface area contributed by atoms with Crippen molar-refractivity contribution in [3.8, 4) is 11.5 Å². The van der Waals surface area contributed by atoms with Gasteiger partial charge in [-0.15, -0.1) is 0 Å². The summed E-state index contributed by atoms with van der Waals surface area (Å²) in [6.45, 7) is -1.79. The Morgan fingerprint density at radius 2 is 1.43 bits per heavy atom. The molecule has 0 saturated carbocycles. The summed E-state index contributed by atoms with van der Waals surface area (Å²) in [4.78, 5) is 0. The minimum Gasteiger partial charge on any atom is -0.508 e. The highest BCUT2D eigenvalue weighted by molar-refractivity contribution is 5.26. The van der Waals surface area contributed by atoms with Crippen molar-refractivity contribution in [1.29, 1.82) is 0 Å². The van der Waals surface area contributed by atoms with Crippen LogP contribution in [0.15, 0.2) is 48.5 Å². The molecule has 12 nitrogen and oxygen atoms in total. The lowest BCUT2D eigenvalue weighted by molar-refractivity contribution is -0.344. The lowest BCUT2D eigenvalue weighted by Gasteiger charge is -2.43. The second kappa shape index (κ2) is 14.9. The van der Waals surface area contributed by atoms with E-state index in [0.29, 0.717) is 19.3 Å². The van der Waals surface area contributed by atoms with E-state index in [9.17, 15) is 40.9 Å². The third kappa shape index (κ3) is 8.17. The van der Waals surface area contributed by atoms with Crippen LogP contribution in [0.4, 0.5) is 0 Å². The predicted octanol–water partition coefficient (Wildman–Crippen LogP) is 0.0934. The van der Waals surface area contributed by atoms with Gasteiger partial charge in [-0.05, 0) is 67.5 Å². The molecule has 234 valence electrons. The van der Waals surface area contributed by atoms with E-state index in [4.69, 9.17) is 18.9 Å². The van der Waals surface area contributed by atoms with Crippen molar-refractivity contribution in [3.63, 3.8) is 0 Å². The van der Waals surface area contributed by atoms with Crippen LogP contribution in [0.3, 0.4) is 0 Å². The fourth-order valence-electron chi connectivity index (χ4n) is 5.20. The van der Waals surface area contributed by atoms with Gasteiger partial charge in [0, 0.05) is 0 Å². The standard InChI is InChI=1S/C30H42O12/c31-15-23-24(35)25(36)26(42-29-27(37)30(38,16-32)17-39-29)28(41-23)40-22(14-9-19-7-12-21(34)13-8-19)4-2-1-3-18-5-10-20(33)11-6-18/h5-8,10-13,22-29,31-38H,1-4,9,14-17H2/t22-,23-,24-,25+,26-,27+,28-,29+,30-/m1/s1. The van der Waals surface area contributed by atoms with Crippen LogP contribution in [0.5, 0.6) is 11.5 Å². The molecule has 0 aliphatic carbocycles. The maximum atomic E-state index is 10.9. The molecule has 0 radical (unpaired) electrons. The Hall–Kier alpha value is -2.36. The minimum absolute atomic E-state index is 0.156. The van der Waals surface area contributed by atoms with Crippen LogP contribution in [0.1, 0.15) is 36.8 Å². The molecule has 9 atom stereocenters. The molecule has 2 saturated heterocycles. The Labute approximate surface area is 244 Å². The highest BCUT2D eigenvalue weighted by Crippen LogP contribution is 2.32. The number of ether oxygens (including phenoxy) is 4. The van der Waals surface area contributed by atoms with Gasteiger partial charge in [-0.3, -0.25) is 0 Å². The van der Waals surface area contributed by atoms with Gasteiger partial charge in [-0.25, -0.2) is 0 Å². The Bertz CT molecular complexity index is 1080. The molecule has 2 aliphatic rings. The average molecular weight is 595 g/mol. The number of unbranched alkanes of at least 4 members (excludes halogenated alkanes) is 1. The van der Waals surface area contributed by atoms with Gasteiger partial charge in [-0.1, -0.05) is 30.7 Å². The zero-order chi connectivity index (χ0) is 30.3. The van der Waals surface area contributed by atoms with E-state index in [2.05, 4.69) is 0 Å². The SMILES string of the molecule is OC[C@H]1O[C@@H](O[C@H](CCCCc2ccc(O)cc2)CCc2ccc(O)cc2)[C@H](O[C@@H]2OC[C@](O)(CO)[C@H]2O)[C@@H](O)[C@@H]1O. The largest absolute Gasteiger partial charge is 0.508 e. The fraction of sp³-hybridized carbons (Fsp3) is 0.600. The van der Waals surface area contributed by atoms with Crippen LogP contribution in [0, 0.1) is 0 Å². The van der Waals surface area contributed by atoms with E-state index >= 15 is 0 Å². The molecular formula is C30H42O12. The van der Waals surface area contributed by atoms with Gasteiger partial charge in [0.1, 0.15) is 47.6 Å². The predicted molar refractivity (Wildman–Crippen MR) is 147 cm³/mol. The Morgan fingerprint density at radius 1 is 0.810 bits per heavy atom. The third-order valence-electron chi connectivity index (χ3n) is 7.89. The second-order valence-electron chi connectivity index (χ2n) is 11.1. The highest BCUT2D eigenvalue weighted by Gasteiger charge is 2.53. The molecule has 42 heavy (non-hydrogen) atoms. The van der Waals surface area contributed by atoms with Crippen molar-refractivity contribution in [1.82, 2.24) is 0 Å². The van der Waals surface area contributed by atoms with Gasteiger partial charge in [-0.2, -0.15) is 0 Å². The molecule has 2 aromatic rings. The van der Waals surface area contributed by atoms with Crippen LogP contribution < -0.4 is 0 Å². The first-order valence-electron chi connectivity index (χ1n) is 14.3. The van der Waals surface area contributed by atoms with E-state index in [1.807, 2.05) is 24.3 Å². The summed E-state index contributed by atoms with van der Waals surface area (Å²) >= 11 is 0. The van der Waals surface area contributed by atoms with Gasteiger partial charge in [0.2, 0.25) is 0 Å². The van der Waals surface area contributed by atoms with Crippen LogP contribution in [0.2, 0.25) is 0 Å². The molecule has 0 aromatic heterocycles. The van der Waals surface area contributed by atoms with Gasteiger partial charge in [0.05, 0.1) is 25.9 Å². The number of aliphatic hydroxyl groups is 6. The molecule has 2 aliphatic heterocycles. The first kappa shape index (κ1) is 32.6. The quantitative estimate of drug-likeness (QED) is 0.137. The van der Waals surface area contributed by atoms with Crippen molar-refractivity contribution < 1.29 is 59.8 Å². The minimum atomic E-state index is -1.96. The summed E-state index contributed by atoms with van der Waals surface area (Å²) in [6, 6.07) is 13.8. The van der Waals surface area contributed by atoms with Crippen molar-refractivity contribution in [2.75, 3.05) is 19.8 Å². The van der Waals surface area contributed by atoms with Gasteiger partial charge >= 0.3 is 0 Å². The third-order valence-corrected chi connectivity index (χ3v) is 7.89. The molecule has 0 bridgehead atoms. The normalized spacial score (nSPS) is 32.2. The smallest absolute Gasteiger partial charge is 0.187 e. The van der Waals surface area contributed by atoms with E-state index in [0.717, 1.165) is 30.4 Å². The summed E-state index contributed by atoms with van der Waals surface area (Å²) < 4.78 is 23.3. The van der Waals surface area contributed by atoms with E-state index in [1.54, 1.807) is 24.3 Å². The van der Waals surface area contributed by atoms with Crippen molar-refractivity contribution >= 4 is 0 Å². The topological polar surface area (TPSA) is 199 Å². The van der Waals surface area contributed by atoms with Crippen LogP contribution in [-0.4, -0.2) is 115 Å². The molecular weight excluding hydrogens is 552 g/mol. The Morgan fingerprint density at radius 3 is 2.00 bits per heavy atom. The molecule has 12 heteroatoms. The summed E-state index contributed by atoms with van der Waals surface area (Å²) in [5.74, 6) is 0.360. The molecule has 0 unspecified atom stereocenters. The molecule has 0 spiro atoms. The number of phenols is 2. The number of phenolic OH excluding ortho intramolecular Hbond substituents is 2. The maximum absolute atomic E-state index is 10.9. The number of aliphatic hydroxyl groups excluding tert-OH is 5. The zero-order valence-corrected chi connectivity index (χ0v) is 23.3. The van der Waals surface area contributed by atoms with Gasteiger partial charge in [0.25, 0.3) is 0 Å². The van der Waals surface area contributed by atoms with Crippen LogP contribution in [0.25, 0.3) is 0 Å². The number of hydrogen-bond acceptors (Lipinski definition) is 12. The summed E-state index contributed by atoms with van der Waals surface area (Å²) in [7, 11) is 0. The van der Waals surface area contributed by atoms with Crippen LogP contribution >= 0.6 is 0 Å². The maximum Gasteiger partial charge on any atom is 0.187 e. The lowest BCUT2D eigenvalue weighted by atomic mass is 9.97. The molecule has 2 fully saturated rings. The molecule has 2 aromatic carbocycles. The van der Waals surface area contributed by atoms with Crippen molar-refractivity contribution in [3.05, 3.63) is 59.7 Å². The first-order valence-corrected chi connectivity index (χ1v) is 14.3. The summed E-state index contributed by atoms with van der Waals surface area (Å²) in [5, 5.41) is 80.6. The zero-order valence-electron chi connectivity index (χ0n) is 23.3. The van der Waals surface area contributed by atoms with Gasteiger partial charge < -0.3 is 59.8 Å². The lowest BCUT2D eigenvalue weighted by Crippen LogP contribution is -2.62.